The minimum Gasteiger partial charge on any atom is -0.394 e. The average Bonchev–Trinajstić information content (AvgIpc) is 2.53. The van der Waals surface area contributed by atoms with E-state index in [0.717, 1.165) is 17.6 Å². The Hall–Kier alpha value is -1.01. The molecule has 0 spiro atoms. The van der Waals surface area contributed by atoms with Gasteiger partial charge in [-0.3, -0.25) is 0 Å². The molecule has 0 aromatic heterocycles. The lowest BCUT2D eigenvalue weighted by Gasteiger charge is -2.38. The van der Waals surface area contributed by atoms with Crippen LogP contribution in [0.3, 0.4) is 0 Å². The quantitative estimate of drug-likeness (QED) is 0.279. The van der Waals surface area contributed by atoms with E-state index in [1.165, 1.54) is 0 Å². The minimum atomic E-state index is -1.12. The molecule has 1 aliphatic rings. The van der Waals surface area contributed by atoms with Gasteiger partial charge in [0.15, 0.2) is 0 Å². The van der Waals surface area contributed by atoms with Gasteiger partial charge in [-0.2, -0.15) is 0 Å². The number of rotatable bonds is 10. The Labute approximate surface area is 145 Å². The fourth-order valence-electron chi connectivity index (χ4n) is 3.32. The fraction of sp³-hybridized carbons (Fsp3) is 0.737. The lowest BCUT2D eigenvalue weighted by molar-refractivity contribution is -0.0605. The monoisotopic (exact) mass is 339 g/mol. The van der Waals surface area contributed by atoms with E-state index in [0.29, 0.717) is 31.8 Å². The third-order valence-electron chi connectivity index (χ3n) is 4.86. The standard InChI is InChI=1S/C19H33NO4/c1-12(2)5-6-24-11-16(20)9-15-7-13(3)8-17(14(15)4)19(23)18(22)10-21/h7,14-15,17-23H,1,5-6,8-11H2,2-4H3/t14-,15+,17?,18-,19+/m1/s1. The number of allylic oxidation sites excluding steroid dienone is 2. The molecule has 0 saturated heterocycles. The molecule has 0 saturated carbocycles. The van der Waals surface area contributed by atoms with E-state index in [1.54, 1.807) is 0 Å². The number of aliphatic hydroxyl groups excluding tert-OH is 3. The van der Waals surface area contributed by atoms with E-state index in [2.05, 4.69) is 12.7 Å². The average molecular weight is 339 g/mol. The van der Waals surface area contributed by atoms with Crippen molar-refractivity contribution in [3.63, 3.8) is 0 Å². The SMILES string of the molecule is C=C(C)CCOCC(=N)C[C@@H]1C=C(C)CC([C@H](O)[C@H](O)CO)[C@@H]1C. The summed E-state index contributed by atoms with van der Waals surface area (Å²) in [5, 5.41) is 37.2. The van der Waals surface area contributed by atoms with Crippen LogP contribution >= 0.6 is 0 Å². The van der Waals surface area contributed by atoms with Gasteiger partial charge in [0, 0.05) is 5.71 Å². The summed E-state index contributed by atoms with van der Waals surface area (Å²) >= 11 is 0. The van der Waals surface area contributed by atoms with Gasteiger partial charge in [-0.15, -0.1) is 6.58 Å². The highest BCUT2D eigenvalue weighted by molar-refractivity contribution is 5.83. The maximum atomic E-state index is 10.3. The Balaban J connectivity index is 2.58. The highest BCUT2D eigenvalue weighted by Crippen LogP contribution is 2.38. The molecular weight excluding hydrogens is 306 g/mol. The first-order valence-corrected chi connectivity index (χ1v) is 8.69. The lowest BCUT2D eigenvalue weighted by Crippen LogP contribution is -2.42. The van der Waals surface area contributed by atoms with Gasteiger partial charge in [0.05, 0.1) is 25.9 Å². The number of aliphatic hydroxyl groups is 3. The van der Waals surface area contributed by atoms with Crippen molar-refractivity contribution < 1.29 is 20.1 Å². The first-order chi connectivity index (χ1) is 11.3. The van der Waals surface area contributed by atoms with E-state index in [9.17, 15) is 10.2 Å². The van der Waals surface area contributed by atoms with Gasteiger partial charge in [-0.25, -0.2) is 0 Å². The lowest BCUT2D eigenvalue weighted by atomic mass is 9.69. The second-order valence-corrected chi connectivity index (χ2v) is 7.21. The van der Waals surface area contributed by atoms with Crippen LogP contribution in [0.2, 0.25) is 0 Å². The van der Waals surface area contributed by atoms with Crippen molar-refractivity contribution in [3.05, 3.63) is 23.8 Å². The van der Waals surface area contributed by atoms with E-state index < -0.39 is 18.8 Å². The molecule has 0 aromatic rings. The van der Waals surface area contributed by atoms with Crippen LogP contribution in [0.4, 0.5) is 0 Å². The summed E-state index contributed by atoms with van der Waals surface area (Å²) in [4.78, 5) is 0. The summed E-state index contributed by atoms with van der Waals surface area (Å²) in [7, 11) is 0. The predicted octanol–water partition coefficient (Wildman–Crippen LogP) is 2.31. The Morgan fingerprint density at radius 2 is 2.12 bits per heavy atom. The van der Waals surface area contributed by atoms with Gasteiger partial charge in [0.25, 0.3) is 0 Å². The topological polar surface area (TPSA) is 93.8 Å². The zero-order valence-electron chi connectivity index (χ0n) is 15.2. The fourth-order valence-corrected chi connectivity index (χ4v) is 3.32. The molecule has 1 unspecified atom stereocenters. The van der Waals surface area contributed by atoms with Gasteiger partial charge in [0.2, 0.25) is 0 Å². The molecule has 24 heavy (non-hydrogen) atoms. The van der Waals surface area contributed by atoms with Gasteiger partial charge >= 0.3 is 0 Å². The summed E-state index contributed by atoms with van der Waals surface area (Å²) in [6.45, 7) is 10.3. The van der Waals surface area contributed by atoms with Crippen LogP contribution < -0.4 is 0 Å². The molecule has 5 atom stereocenters. The van der Waals surface area contributed by atoms with Gasteiger partial charge in [0.1, 0.15) is 6.10 Å². The zero-order chi connectivity index (χ0) is 18.3. The van der Waals surface area contributed by atoms with Crippen molar-refractivity contribution in [1.82, 2.24) is 0 Å². The smallest absolute Gasteiger partial charge is 0.103 e. The van der Waals surface area contributed by atoms with Crippen LogP contribution in [-0.4, -0.2) is 53.1 Å². The molecule has 1 rings (SSSR count). The Bertz CT molecular complexity index is 460. The van der Waals surface area contributed by atoms with Crippen LogP contribution in [0.5, 0.6) is 0 Å². The van der Waals surface area contributed by atoms with Crippen LogP contribution in [0.25, 0.3) is 0 Å². The summed E-state index contributed by atoms with van der Waals surface area (Å²) in [6.07, 6.45) is 2.20. The van der Waals surface area contributed by atoms with Crippen molar-refractivity contribution in [1.29, 1.82) is 5.41 Å². The number of hydrogen-bond donors (Lipinski definition) is 4. The molecule has 5 heteroatoms. The third kappa shape index (κ3) is 6.48. The maximum absolute atomic E-state index is 10.3. The van der Waals surface area contributed by atoms with Gasteiger partial charge in [-0.05, 0) is 50.9 Å². The number of ether oxygens (including phenoxy) is 1. The van der Waals surface area contributed by atoms with E-state index in [1.807, 2.05) is 20.8 Å². The first kappa shape index (κ1) is 21.0. The predicted molar refractivity (Wildman–Crippen MR) is 96.2 cm³/mol. The molecule has 138 valence electrons. The molecule has 5 nitrogen and oxygen atoms in total. The Morgan fingerprint density at radius 3 is 2.71 bits per heavy atom. The molecule has 1 aliphatic carbocycles. The normalized spacial score (nSPS) is 26.6. The van der Waals surface area contributed by atoms with E-state index in [-0.39, 0.29) is 17.8 Å². The van der Waals surface area contributed by atoms with Gasteiger partial charge in [-0.1, -0.05) is 24.1 Å². The van der Waals surface area contributed by atoms with Crippen LogP contribution in [-0.2, 0) is 4.74 Å². The van der Waals surface area contributed by atoms with Crippen molar-refractivity contribution in [2.75, 3.05) is 19.8 Å². The summed E-state index contributed by atoms with van der Waals surface area (Å²) < 4.78 is 5.51. The summed E-state index contributed by atoms with van der Waals surface area (Å²) in [6, 6.07) is 0. The minimum absolute atomic E-state index is 0.112. The van der Waals surface area contributed by atoms with Crippen LogP contribution in [0.15, 0.2) is 23.8 Å². The summed E-state index contributed by atoms with van der Waals surface area (Å²) in [5.74, 6) is 0.154. The molecule has 0 aliphatic heterocycles. The van der Waals surface area contributed by atoms with E-state index >= 15 is 0 Å². The van der Waals surface area contributed by atoms with Crippen molar-refractivity contribution in [2.24, 2.45) is 17.8 Å². The number of hydrogen-bond acceptors (Lipinski definition) is 5. The maximum Gasteiger partial charge on any atom is 0.103 e. The molecule has 0 amide bonds. The Morgan fingerprint density at radius 1 is 1.46 bits per heavy atom. The first-order valence-electron chi connectivity index (χ1n) is 8.69. The molecule has 0 heterocycles. The highest BCUT2D eigenvalue weighted by Gasteiger charge is 2.36. The second-order valence-electron chi connectivity index (χ2n) is 7.21. The summed E-state index contributed by atoms with van der Waals surface area (Å²) in [5.41, 5.74) is 2.76. The van der Waals surface area contributed by atoms with Crippen LogP contribution in [0.1, 0.15) is 40.0 Å². The molecule has 0 fully saturated rings. The highest BCUT2D eigenvalue weighted by atomic mass is 16.5. The van der Waals surface area contributed by atoms with Crippen molar-refractivity contribution in [3.8, 4) is 0 Å². The number of nitrogens with one attached hydrogen (secondary N) is 1. The molecule has 0 aromatic carbocycles. The zero-order valence-corrected chi connectivity index (χ0v) is 15.2. The second kappa shape index (κ2) is 10.1. The van der Waals surface area contributed by atoms with Crippen molar-refractivity contribution >= 4 is 5.71 Å². The molecule has 4 N–H and O–H groups in total. The molecule has 0 bridgehead atoms. The molecule has 0 radical (unpaired) electrons. The van der Waals surface area contributed by atoms with E-state index in [4.69, 9.17) is 15.3 Å². The Kier molecular flexibility index (Phi) is 8.84. The van der Waals surface area contributed by atoms with Crippen molar-refractivity contribution in [2.45, 2.75) is 52.2 Å². The third-order valence-corrected chi connectivity index (χ3v) is 4.86. The van der Waals surface area contributed by atoms with Gasteiger partial charge < -0.3 is 25.5 Å². The largest absolute Gasteiger partial charge is 0.394 e. The molecular formula is C19H33NO4. The van der Waals surface area contributed by atoms with Crippen LogP contribution in [0, 0.1) is 23.2 Å².